The molecular formula is C27H21NO4. The highest BCUT2D eigenvalue weighted by molar-refractivity contribution is 6.18. The van der Waals surface area contributed by atoms with Gasteiger partial charge in [0.1, 0.15) is 5.75 Å². The topological polar surface area (TPSA) is 57.1 Å². The SMILES string of the molecule is COc1ccc2ccccc2c1-c1c(C2=NO[C@]3(CCOC3=O)C2)ccc2ccccc12. The standard InChI is InChI=1S/C27H21NO4/c1-30-23-13-11-18-7-3-5-9-20(18)25(23)24-19-8-4-2-6-17(19)10-12-21(24)22-16-27(32-28-22)14-15-31-26(27)29/h2-13H,14-16H2,1H3/t27-/m1/s1. The minimum Gasteiger partial charge on any atom is -0.496 e. The monoisotopic (exact) mass is 423 g/mol. The molecule has 0 radical (unpaired) electrons. The molecule has 5 heteroatoms. The van der Waals surface area contributed by atoms with Crippen molar-refractivity contribution in [3.05, 3.63) is 78.4 Å². The van der Waals surface area contributed by atoms with Gasteiger partial charge in [0.2, 0.25) is 5.60 Å². The number of carbonyl (C=O) groups is 1. The number of benzene rings is 4. The first kappa shape index (κ1) is 18.9. The van der Waals surface area contributed by atoms with Gasteiger partial charge >= 0.3 is 5.97 Å². The largest absolute Gasteiger partial charge is 0.496 e. The van der Waals surface area contributed by atoms with Crippen LogP contribution in [0.2, 0.25) is 0 Å². The van der Waals surface area contributed by atoms with E-state index in [2.05, 4.69) is 47.6 Å². The van der Waals surface area contributed by atoms with E-state index in [9.17, 15) is 4.79 Å². The van der Waals surface area contributed by atoms with E-state index in [1.807, 2.05) is 30.3 Å². The van der Waals surface area contributed by atoms with Crippen molar-refractivity contribution in [3.63, 3.8) is 0 Å². The van der Waals surface area contributed by atoms with E-state index < -0.39 is 5.60 Å². The molecule has 1 saturated heterocycles. The van der Waals surface area contributed by atoms with E-state index in [0.717, 1.165) is 49.7 Å². The highest BCUT2D eigenvalue weighted by Gasteiger charge is 2.52. The van der Waals surface area contributed by atoms with E-state index in [0.29, 0.717) is 19.4 Å². The van der Waals surface area contributed by atoms with Gasteiger partial charge in [-0.05, 0) is 27.6 Å². The molecule has 0 bridgehead atoms. The van der Waals surface area contributed by atoms with Gasteiger partial charge in [0.25, 0.3) is 0 Å². The molecule has 0 saturated carbocycles. The lowest BCUT2D eigenvalue weighted by Gasteiger charge is -2.19. The molecular weight excluding hydrogens is 402 g/mol. The van der Waals surface area contributed by atoms with Gasteiger partial charge in [-0.1, -0.05) is 71.9 Å². The van der Waals surface area contributed by atoms with Crippen molar-refractivity contribution in [2.45, 2.75) is 18.4 Å². The summed E-state index contributed by atoms with van der Waals surface area (Å²) >= 11 is 0. The fraction of sp³-hybridized carbons (Fsp3) is 0.185. The van der Waals surface area contributed by atoms with E-state index in [-0.39, 0.29) is 5.97 Å². The van der Waals surface area contributed by atoms with Crippen LogP contribution in [0.3, 0.4) is 0 Å². The molecule has 0 aliphatic carbocycles. The highest BCUT2D eigenvalue weighted by atomic mass is 16.7. The van der Waals surface area contributed by atoms with Gasteiger partial charge in [0.05, 0.1) is 19.4 Å². The fourth-order valence-corrected chi connectivity index (χ4v) is 4.87. The van der Waals surface area contributed by atoms with Crippen LogP contribution in [0.4, 0.5) is 0 Å². The Morgan fingerprint density at radius 3 is 2.25 bits per heavy atom. The summed E-state index contributed by atoms with van der Waals surface area (Å²) in [5.74, 6) is 0.456. The Labute approximate surface area is 185 Å². The minimum absolute atomic E-state index is 0.332. The summed E-state index contributed by atoms with van der Waals surface area (Å²) in [6.45, 7) is 0.364. The molecule has 4 aromatic rings. The summed E-state index contributed by atoms with van der Waals surface area (Å²) < 4.78 is 11.0. The van der Waals surface area contributed by atoms with Crippen molar-refractivity contribution < 1.29 is 19.1 Å². The lowest BCUT2D eigenvalue weighted by atomic mass is 9.85. The smallest absolute Gasteiger partial charge is 0.353 e. The van der Waals surface area contributed by atoms with Crippen LogP contribution in [0.15, 0.2) is 78.0 Å². The maximum absolute atomic E-state index is 12.4. The van der Waals surface area contributed by atoms with Gasteiger partial charge in [-0.3, -0.25) is 0 Å². The highest BCUT2D eigenvalue weighted by Crippen LogP contribution is 2.44. The summed E-state index contributed by atoms with van der Waals surface area (Å²) in [6.07, 6.45) is 0.906. The molecule has 2 heterocycles. The maximum Gasteiger partial charge on any atom is 0.353 e. The van der Waals surface area contributed by atoms with Gasteiger partial charge in [-0.2, -0.15) is 0 Å². The number of esters is 1. The van der Waals surface area contributed by atoms with Gasteiger partial charge in [-0.15, -0.1) is 0 Å². The van der Waals surface area contributed by atoms with Gasteiger partial charge in [0.15, 0.2) is 0 Å². The number of fused-ring (bicyclic) bond motifs is 2. The molecule has 32 heavy (non-hydrogen) atoms. The van der Waals surface area contributed by atoms with Crippen LogP contribution in [0.25, 0.3) is 32.7 Å². The second-order valence-corrected chi connectivity index (χ2v) is 8.26. The van der Waals surface area contributed by atoms with E-state index in [4.69, 9.17) is 14.3 Å². The lowest BCUT2D eigenvalue weighted by molar-refractivity contribution is -0.156. The number of rotatable bonds is 3. The molecule has 1 atom stereocenters. The van der Waals surface area contributed by atoms with Crippen LogP contribution in [-0.4, -0.2) is 31.0 Å². The quantitative estimate of drug-likeness (QED) is 0.410. The first-order chi connectivity index (χ1) is 15.7. The average molecular weight is 423 g/mol. The second-order valence-electron chi connectivity index (χ2n) is 8.26. The van der Waals surface area contributed by atoms with Crippen LogP contribution in [0.5, 0.6) is 5.75 Å². The molecule has 0 N–H and O–H groups in total. The molecule has 158 valence electrons. The van der Waals surface area contributed by atoms with E-state index in [1.165, 1.54) is 0 Å². The first-order valence-corrected chi connectivity index (χ1v) is 10.7. The summed E-state index contributed by atoms with van der Waals surface area (Å²) in [7, 11) is 1.69. The fourth-order valence-electron chi connectivity index (χ4n) is 4.87. The van der Waals surface area contributed by atoms with E-state index >= 15 is 0 Å². The zero-order valence-electron chi connectivity index (χ0n) is 17.6. The second kappa shape index (κ2) is 7.09. The Hall–Kier alpha value is -3.86. The number of carbonyl (C=O) groups excluding carboxylic acids is 1. The van der Waals surface area contributed by atoms with Gasteiger partial charge < -0.3 is 14.3 Å². The lowest BCUT2D eigenvalue weighted by Crippen LogP contribution is -2.34. The number of hydrogen-bond donors (Lipinski definition) is 0. The summed E-state index contributed by atoms with van der Waals surface area (Å²) in [6, 6.07) is 24.8. The molecule has 2 aliphatic rings. The molecule has 2 aliphatic heterocycles. The van der Waals surface area contributed by atoms with Gasteiger partial charge in [0, 0.05) is 29.5 Å². The number of nitrogens with zero attached hydrogens (tertiary/aromatic N) is 1. The summed E-state index contributed by atoms with van der Waals surface area (Å²) in [5.41, 5.74) is 2.73. The van der Waals surface area contributed by atoms with Crippen LogP contribution >= 0.6 is 0 Å². The van der Waals surface area contributed by atoms with Crippen molar-refractivity contribution in [1.82, 2.24) is 0 Å². The molecule has 1 fully saturated rings. The first-order valence-electron chi connectivity index (χ1n) is 10.7. The van der Waals surface area contributed by atoms with Crippen LogP contribution in [0, 0.1) is 0 Å². The van der Waals surface area contributed by atoms with Crippen molar-refractivity contribution in [3.8, 4) is 16.9 Å². The molecule has 6 rings (SSSR count). The summed E-state index contributed by atoms with van der Waals surface area (Å²) in [4.78, 5) is 18.1. The number of cyclic esters (lactones) is 1. The Balaban J connectivity index is 1.65. The Kier molecular flexibility index (Phi) is 4.18. The summed E-state index contributed by atoms with van der Waals surface area (Å²) in [5, 5.41) is 8.83. The van der Waals surface area contributed by atoms with Crippen LogP contribution < -0.4 is 4.74 Å². The Morgan fingerprint density at radius 2 is 1.56 bits per heavy atom. The van der Waals surface area contributed by atoms with Crippen molar-refractivity contribution in [1.29, 1.82) is 0 Å². The number of methoxy groups -OCH3 is 1. The zero-order chi connectivity index (χ0) is 21.7. The maximum atomic E-state index is 12.4. The Morgan fingerprint density at radius 1 is 0.875 bits per heavy atom. The Bertz CT molecular complexity index is 1420. The molecule has 4 aromatic carbocycles. The van der Waals surface area contributed by atoms with Crippen molar-refractivity contribution in [2.24, 2.45) is 5.16 Å². The third kappa shape index (κ3) is 2.71. The molecule has 0 amide bonds. The molecule has 5 nitrogen and oxygen atoms in total. The predicted octanol–water partition coefficient (Wildman–Crippen LogP) is 5.48. The van der Waals surface area contributed by atoms with Crippen molar-refractivity contribution in [2.75, 3.05) is 13.7 Å². The van der Waals surface area contributed by atoms with Crippen LogP contribution in [-0.2, 0) is 14.4 Å². The average Bonchev–Trinajstić information content (AvgIpc) is 3.43. The molecule has 0 unspecified atom stereocenters. The van der Waals surface area contributed by atoms with Crippen LogP contribution in [0.1, 0.15) is 18.4 Å². The zero-order valence-corrected chi connectivity index (χ0v) is 17.6. The third-order valence-corrected chi connectivity index (χ3v) is 6.50. The number of hydrogen-bond acceptors (Lipinski definition) is 5. The molecule has 0 aromatic heterocycles. The molecule has 1 spiro atoms. The van der Waals surface area contributed by atoms with Crippen molar-refractivity contribution >= 4 is 33.2 Å². The number of ether oxygens (including phenoxy) is 2. The predicted molar refractivity (Wildman–Crippen MR) is 124 cm³/mol. The number of oxime groups is 1. The van der Waals surface area contributed by atoms with Gasteiger partial charge in [-0.25, -0.2) is 4.79 Å². The normalized spacial score (nSPS) is 19.9. The minimum atomic E-state index is -0.999. The third-order valence-electron chi connectivity index (χ3n) is 6.50. The van der Waals surface area contributed by atoms with E-state index in [1.54, 1.807) is 7.11 Å².